The van der Waals surface area contributed by atoms with Crippen LogP contribution in [-0.4, -0.2) is 36.1 Å². The monoisotopic (exact) mass is 251 g/mol. The first-order valence-corrected chi connectivity index (χ1v) is 6.07. The number of phenols is 1. The summed E-state index contributed by atoms with van der Waals surface area (Å²) >= 11 is 0. The summed E-state index contributed by atoms with van der Waals surface area (Å²) in [6, 6.07) is 5.13. The normalized spacial score (nSPS) is 10.6. The molecular formula is C13H21N3O2. The molecule has 4 N–H and O–H groups in total. The van der Waals surface area contributed by atoms with E-state index in [-0.39, 0.29) is 11.7 Å². The van der Waals surface area contributed by atoms with Gasteiger partial charge in [-0.25, -0.2) is 0 Å². The van der Waals surface area contributed by atoms with Crippen LogP contribution in [0.3, 0.4) is 0 Å². The standard InChI is InChI=1S/C13H21N3O2/c1-3-6-16(9-13(18)15-2)8-10-4-5-12(17)11(14)7-10/h4-5,7,17H,3,6,8-9,14H2,1-2H3,(H,15,18). The first-order valence-electron chi connectivity index (χ1n) is 6.07. The van der Waals surface area contributed by atoms with Crippen LogP contribution in [0.25, 0.3) is 0 Å². The van der Waals surface area contributed by atoms with Gasteiger partial charge in [0.15, 0.2) is 0 Å². The number of nitrogens with one attached hydrogen (secondary N) is 1. The number of benzene rings is 1. The molecule has 5 heteroatoms. The number of carbonyl (C=O) groups excluding carboxylic acids is 1. The summed E-state index contributed by atoms with van der Waals surface area (Å²) in [5, 5.41) is 12.0. The molecule has 0 aliphatic carbocycles. The van der Waals surface area contributed by atoms with Gasteiger partial charge in [-0.1, -0.05) is 13.0 Å². The van der Waals surface area contributed by atoms with Crippen molar-refractivity contribution >= 4 is 11.6 Å². The molecule has 1 amide bonds. The van der Waals surface area contributed by atoms with E-state index in [4.69, 9.17) is 5.73 Å². The van der Waals surface area contributed by atoms with E-state index in [1.54, 1.807) is 19.2 Å². The van der Waals surface area contributed by atoms with Gasteiger partial charge >= 0.3 is 0 Å². The number of nitrogens with two attached hydrogens (primary N) is 1. The Morgan fingerprint density at radius 1 is 1.50 bits per heavy atom. The van der Waals surface area contributed by atoms with Crippen LogP contribution in [0.4, 0.5) is 5.69 Å². The summed E-state index contributed by atoms with van der Waals surface area (Å²) in [5.74, 6) is 0.0855. The molecule has 0 atom stereocenters. The minimum Gasteiger partial charge on any atom is -0.506 e. The van der Waals surface area contributed by atoms with Gasteiger partial charge in [-0.3, -0.25) is 9.69 Å². The molecule has 5 nitrogen and oxygen atoms in total. The van der Waals surface area contributed by atoms with E-state index < -0.39 is 0 Å². The molecule has 0 aromatic heterocycles. The van der Waals surface area contributed by atoms with Gasteiger partial charge in [-0.2, -0.15) is 0 Å². The number of aromatic hydroxyl groups is 1. The second kappa shape index (κ2) is 6.86. The average Bonchev–Trinajstić information content (AvgIpc) is 2.34. The van der Waals surface area contributed by atoms with Crippen LogP contribution in [0.5, 0.6) is 5.75 Å². The molecule has 1 aromatic carbocycles. The number of likely N-dealkylation sites (N-methyl/N-ethyl adjacent to an activating group) is 1. The van der Waals surface area contributed by atoms with E-state index in [0.29, 0.717) is 18.8 Å². The maximum absolute atomic E-state index is 11.4. The summed E-state index contributed by atoms with van der Waals surface area (Å²) in [6.07, 6.45) is 0.977. The first kappa shape index (κ1) is 14.3. The minimum atomic E-state index is -0.00444. The van der Waals surface area contributed by atoms with Crippen LogP contribution < -0.4 is 11.1 Å². The summed E-state index contributed by atoms with van der Waals surface area (Å²) in [7, 11) is 1.63. The van der Waals surface area contributed by atoms with Crippen molar-refractivity contribution in [2.75, 3.05) is 25.9 Å². The highest BCUT2D eigenvalue weighted by molar-refractivity contribution is 5.77. The highest BCUT2D eigenvalue weighted by Gasteiger charge is 2.10. The Morgan fingerprint density at radius 3 is 2.78 bits per heavy atom. The van der Waals surface area contributed by atoms with Crippen molar-refractivity contribution in [3.63, 3.8) is 0 Å². The zero-order valence-corrected chi connectivity index (χ0v) is 10.9. The molecule has 1 aromatic rings. The van der Waals surface area contributed by atoms with Crippen LogP contribution in [0.1, 0.15) is 18.9 Å². The summed E-state index contributed by atoms with van der Waals surface area (Å²) < 4.78 is 0. The van der Waals surface area contributed by atoms with Crippen LogP contribution in [0.15, 0.2) is 18.2 Å². The van der Waals surface area contributed by atoms with E-state index in [0.717, 1.165) is 18.5 Å². The van der Waals surface area contributed by atoms with E-state index in [1.165, 1.54) is 0 Å². The molecule has 0 saturated carbocycles. The molecule has 0 aliphatic heterocycles. The van der Waals surface area contributed by atoms with Crippen molar-refractivity contribution in [1.82, 2.24) is 10.2 Å². The van der Waals surface area contributed by atoms with Gasteiger partial charge in [0.25, 0.3) is 0 Å². The van der Waals surface area contributed by atoms with E-state index in [1.807, 2.05) is 11.0 Å². The van der Waals surface area contributed by atoms with E-state index >= 15 is 0 Å². The third-order valence-corrected chi connectivity index (χ3v) is 2.68. The summed E-state index contributed by atoms with van der Waals surface area (Å²) in [5.41, 5.74) is 7.00. The lowest BCUT2D eigenvalue weighted by Gasteiger charge is -2.21. The van der Waals surface area contributed by atoms with Gasteiger partial charge < -0.3 is 16.2 Å². The fourth-order valence-electron chi connectivity index (χ4n) is 1.77. The Bertz CT molecular complexity index is 407. The number of hydrogen-bond donors (Lipinski definition) is 3. The molecule has 0 aliphatic rings. The van der Waals surface area contributed by atoms with Crippen molar-refractivity contribution in [2.24, 2.45) is 0 Å². The molecule has 100 valence electrons. The van der Waals surface area contributed by atoms with Crippen molar-refractivity contribution < 1.29 is 9.90 Å². The number of rotatable bonds is 6. The van der Waals surface area contributed by atoms with Gasteiger partial charge in [-0.15, -0.1) is 0 Å². The summed E-state index contributed by atoms with van der Waals surface area (Å²) in [6.45, 7) is 3.92. The molecule has 0 unspecified atom stereocenters. The number of nitrogen functional groups attached to an aromatic ring is 1. The van der Waals surface area contributed by atoms with Crippen LogP contribution in [0, 0.1) is 0 Å². The predicted molar refractivity (Wildman–Crippen MR) is 72.2 cm³/mol. The van der Waals surface area contributed by atoms with Crippen LogP contribution >= 0.6 is 0 Å². The van der Waals surface area contributed by atoms with Gasteiger partial charge in [0, 0.05) is 13.6 Å². The van der Waals surface area contributed by atoms with Crippen molar-refractivity contribution in [3.8, 4) is 5.75 Å². The number of anilines is 1. The zero-order valence-electron chi connectivity index (χ0n) is 10.9. The lowest BCUT2D eigenvalue weighted by Crippen LogP contribution is -2.35. The van der Waals surface area contributed by atoms with Crippen LogP contribution in [0.2, 0.25) is 0 Å². The highest BCUT2D eigenvalue weighted by atomic mass is 16.3. The number of amides is 1. The second-order valence-corrected chi connectivity index (χ2v) is 4.28. The Morgan fingerprint density at radius 2 is 2.22 bits per heavy atom. The molecule has 1 rings (SSSR count). The number of hydrogen-bond acceptors (Lipinski definition) is 4. The molecule has 0 spiro atoms. The highest BCUT2D eigenvalue weighted by Crippen LogP contribution is 2.21. The summed E-state index contributed by atoms with van der Waals surface area (Å²) in [4.78, 5) is 13.4. The minimum absolute atomic E-state index is 0.00444. The van der Waals surface area contributed by atoms with Gasteiger partial charge in [0.1, 0.15) is 5.75 Å². The van der Waals surface area contributed by atoms with Gasteiger partial charge in [0.2, 0.25) is 5.91 Å². The largest absolute Gasteiger partial charge is 0.506 e. The molecular weight excluding hydrogens is 230 g/mol. The third-order valence-electron chi connectivity index (χ3n) is 2.68. The molecule has 0 radical (unpaired) electrons. The second-order valence-electron chi connectivity index (χ2n) is 4.28. The van der Waals surface area contributed by atoms with E-state index in [9.17, 15) is 9.90 Å². The maximum atomic E-state index is 11.4. The molecule has 0 heterocycles. The topological polar surface area (TPSA) is 78.6 Å². The Labute approximate surface area is 108 Å². The zero-order chi connectivity index (χ0) is 13.5. The molecule has 0 saturated heterocycles. The number of nitrogens with zero attached hydrogens (tertiary/aromatic N) is 1. The lowest BCUT2D eigenvalue weighted by atomic mass is 10.1. The van der Waals surface area contributed by atoms with Gasteiger partial charge in [-0.05, 0) is 30.7 Å². The fourth-order valence-corrected chi connectivity index (χ4v) is 1.77. The predicted octanol–water partition coefficient (Wildman–Crippen LogP) is 0.932. The smallest absolute Gasteiger partial charge is 0.233 e. The molecule has 0 fully saturated rings. The molecule has 0 bridgehead atoms. The molecule has 18 heavy (non-hydrogen) atoms. The van der Waals surface area contributed by atoms with Crippen molar-refractivity contribution in [1.29, 1.82) is 0 Å². The van der Waals surface area contributed by atoms with Gasteiger partial charge in [0.05, 0.1) is 12.2 Å². The van der Waals surface area contributed by atoms with E-state index in [2.05, 4.69) is 12.2 Å². The SMILES string of the molecule is CCCN(CC(=O)NC)Cc1ccc(O)c(N)c1. The van der Waals surface area contributed by atoms with Crippen LogP contribution in [-0.2, 0) is 11.3 Å². The Balaban J connectivity index is 2.69. The number of phenolic OH excluding ortho intramolecular Hbond substituents is 1. The first-order chi connectivity index (χ1) is 8.56. The fraction of sp³-hybridized carbons (Fsp3) is 0.462. The third kappa shape index (κ3) is 4.25. The van der Waals surface area contributed by atoms with Crippen molar-refractivity contribution in [3.05, 3.63) is 23.8 Å². The quantitative estimate of drug-likeness (QED) is 0.519. The Kier molecular flexibility index (Phi) is 5.45. The average molecular weight is 251 g/mol. The number of carbonyl (C=O) groups is 1. The van der Waals surface area contributed by atoms with Crippen molar-refractivity contribution in [2.45, 2.75) is 19.9 Å². The maximum Gasteiger partial charge on any atom is 0.233 e. The lowest BCUT2D eigenvalue weighted by molar-refractivity contribution is -0.121. The Hall–Kier alpha value is -1.75.